The topological polar surface area (TPSA) is 109 Å². The van der Waals surface area contributed by atoms with Crippen LogP contribution < -0.4 is 10.1 Å². The highest BCUT2D eigenvalue weighted by Crippen LogP contribution is 2.28. The Hall–Kier alpha value is -3.41. The maximum absolute atomic E-state index is 14.0. The van der Waals surface area contributed by atoms with E-state index in [0.717, 1.165) is 12.1 Å². The van der Waals surface area contributed by atoms with Gasteiger partial charge in [-0.3, -0.25) is 9.20 Å². The second kappa shape index (κ2) is 9.45. The highest BCUT2D eigenvalue weighted by atomic mass is 32.1. The molecule has 0 spiro atoms. The van der Waals surface area contributed by atoms with E-state index < -0.39 is 29.7 Å². The second-order valence-electron chi connectivity index (χ2n) is 7.83. The standard InChI is InChI=1S/C23H22F2N4O4S/c1-13-19(21(32)28-23(2,12-31)22-26-9-14(10-30)34-22)29-8-4-7-18(20(29)27-13)33-11-15-16(24)5-3-6-17(15)25/h3-9,30-31H,10-12H2,1-2H3,(H,28,32)/t23-/m1/s1. The van der Waals surface area contributed by atoms with E-state index >= 15 is 0 Å². The predicted octanol–water partition coefficient (Wildman–Crippen LogP) is 3.09. The van der Waals surface area contributed by atoms with E-state index in [4.69, 9.17) is 4.74 Å². The Labute approximate surface area is 197 Å². The SMILES string of the molecule is Cc1nc2c(OCc3c(F)cccc3F)cccn2c1C(=O)N[C@](C)(CO)c1ncc(CO)s1. The van der Waals surface area contributed by atoms with Gasteiger partial charge >= 0.3 is 0 Å². The number of hydrogen-bond donors (Lipinski definition) is 3. The second-order valence-corrected chi connectivity index (χ2v) is 8.95. The molecule has 0 aliphatic carbocycles. The number of carbonyl (C=O) groups excluding carboxylic acids is 1. The van der Waals surface area contributed by atoms with Gasteiger partial charge in [0, 0.05) is 12.4 Å². The van der Waals surface area contributed by atoms with Crippen LogP contribution >= 0.6 is 11.3 Å². The average molecular weight is 489 g/mol. The molecular formula is C23H22F2N4O4S. The van der Waals surface area contributed by atoms with Crippen LogP contribution in [-0.4, -0.2) is 37.1 Å². The van der Waals surface area contributed by atoms with E-state index in [1.54, 1.807) is 32.2 Å². The van der Waals surface area contributed by atoms with Crippen LogP contribution in [0.1, 0.15) is 38.6 Å². The molecule has 0 aliphatic heterocycles. The quantitative estimate of drug-likeness (QED) is 0.352. The number of imidazole rings is 1. The fraction of sp³-hybridized carbons (Fsp3) is 0.261. The maximum Gasteiger partial charge on any atom is 0.271 e. The fourth-order valence-electron chi connectivity index (χ4n) is 3.47. The number of aliphatic hydroxyl groups is 2. The molecule has 3 aromatic heterocycles. The van der Waals surface area contributed by atoms with Crippen molar-refractivity contribution in [2.24, 2.45) is 0 Å². The predicted molar refractivity (Wildman–Crippen MR) is 121 cm³/mol. The first-order chi connectivity index (χ1) is 16.3. The zero-order valence-corrected chi connectivity index (χ0v) is 19.2. The Bertz CT molecular complexity index is 1340. The van der Waals surface area contributed by atoms with Crippen molar-refractivity contribution in [2.75, 3.05) is 6.61 Å². The summed E-state index contributed by atoms with van der Waals surface area (Å²) in [6.07, 6.45) is 3.10. The number of halogens is 2. The first-order valence-corrected chi connectivity index (χ1v) is 11.1. The zero-order chi connectivity index (χ0) is 24.5. The van der Waals surface area contributed by atoms with Crippen molar-refractivity contribution in [3.8, 4) is 5.75 Å². The maximum atomic E-state index is 14.0. The summed E-state index contributed by atoms with van der Waals surface area (Å²) in [6, 6.07) is 6.78. The van der Waals surface area contributed by atoms with Crippen LogP contribution in [0.5, 0.6) is 5.75 Å². The third-order valence-electron chi connectivity index (χ3n) is 5.32. The summed E-state index contributed by atoms with van der Waals surface area (Å²) in [7, 11) is 0. The van der Waals surface area contributed by atoms with Crippen LogP contribution in [0.4, 0.5) is 8.78 Å². The number of nitrogens with zero attached hydrogens (tertiary/aromatic N) is 3. The number of aromatic nitrogens is 3. The van der Waals surface area contributed by atoms with Gasteiger partial charge in [-0.15, -0.1) is 11.3 Å². The lowest BCUT2D eigenvalue weighted by Gasteiger charge is -2.26. The number of fused-ring (bicyclic) bond motifs is 1. The lowest BCUT2D eigenvalue weighted by Crippen LogP contribution is -2.46. The number of benzene rings is 1. The van der Waals surface area contributed by atoms with Gasteiger partial charge in [0.05, 0.1) is 29.3 Å². The summed E-state index contributed by atoms with van der Waals surface area (Å²) in [4.78, 5) is 22.5. The molecule has 1 aromatic carbocycles. The number of pyridine rings is 1. The van der Waals surface area contributed by atoms with Crippen molar-refractivity contribution in [1.82, 2.24) is 19.7 Å². The fourth-order valence-corrected chi connectivity index (χ4v) is 4.33. The lowest BCUT2D eigenvalue weighted by atomic mass is 10.0. The number of aliphatic hydroxyl groups excluding tert-OH is 2. The van der Waals surface area contributed by atoms with Crippen LogP contribution in [0.25, 0.3) is 5.65 Å². The van der Waals surface area contributed by atoms with Gasteiger partial charge in [-0.25, -0.2) is 18.7 Å². The molecule has 4 aromatic rings. The first kappa shape index (κ1) is 23.7. The number of nitrogens with one attached hydrogen (secondary N) is 1. The van der Waals surface area contributed by atoms with Crippen LogP contribution in [0, 0.1) is 18.6 Å². The summed E-state index contributed by atoms with van der Waals surface area (Å²) >= 11 is 1.18. The third kappa shape index (κ3) is 4.37. The largest absolute Gasteiger partial charge is 0.485 e. The summed E-state index contributed by atoms with van der Waals surface area (Å²) in [6.45, 7) is 2.30. The van der Waals surface area contributed by atoms with Crippen molar-refractivity contribution in [3.05, 3.63) is 81.2 Å². The summed E-state index contributed by atoms with van der Waals surface area (Å²) < 4.78 is 35.1. The zero-order valence-electron chi connectivity index (χ0n) is 18.4. The minimum Gasteiger partial charge on any atom is -0.485 e. The first-order valence-electron chi connectivity index (χ1n) is 10.3. The number of amides is 1. The van der Waals surface area contributed by atoms with E-state index in [1.807, 2.05) is 0 Å². The van der Waals surface area contributed by atoms with Crippen molar-refractivity contribution >= 4 is 22.9 Å². The molecule has 0 bridgehead atoms. The van der Waals surface area contributed by atoms with E-state index in [0.29, 0.717) is 21.2 Å². The Morgan fingerprint density at radius 1 is 1.24 bits per heavy atom. The van der Waals surface area contributed by atoms with Gasteiger partial charge < -0.3 is 20.3 Å². The molecule has 3 heterocycles. The van der Waals surface area contributed by atoms with Crippen LogP contribution in [0.3, 0.4) is 0 Å². The molecule has 0 radical (unpaired) electrons. The van der Waals surface area contributed by atoms with E-state index in [9.17, 15) is 23.8 Å². The third-order valence-corrected chi connectivity index (χ3v) is 6.57. The van der Waals surface area contributed by atoms with E-state index in [1.165, 1.54) is 28.0 Å². The molecule has 0 fully saturated rings. The monoisotopic (exact) mass is 488 g/mol. The molecule has 8 nitrogen and oxygen atoms in total. The van der Waals surface area contributed by atoms with E-state index in [2.05, 4.69) is 15.3 Å². The number of carbonyl (C=O) groups is 1. The molecule has 0 unspecified atom stereocenters. The minimum absolute atomic E-state index is 0.195. The Morgan fingerprint density at radius 2 is 1.97 bits per heavy atom. The summed E-state index contributed by atoms with van der Waals surface area (Å²) in [5.74, 6) is -1.72. The van der Waals surface area contributed by atoms with Gasteiger partial charge in [0.2, 0.25) is 0 Å². The molecule has 0 aliphatic rings. The summed E-state index contributed by atoms with van der Waals surface area (Å²) in [5, 5.41) is 22.5. The molecule has 1 amide bonds. The van der Waals surface area contributed by atoms with Crippen LogP contribution in [0.2, 0.25) is 0 Å². The molecular weight excluding hydrogens is 466 g/mol. The minimum atomic E-state index is -1.19. The number of aryl methyl sites for hydroxylation is 1. The van der Waals surface area contributed by atoms with Gasteiger partial charge in [-0.05, 0) is 38.1 Å². The lowest BCUT2D eigenvalue weighted by molar-refractivity contribution is 0.0842. The van der Waals surface area contributed by atoms with Gasteiger partial charge in [-0.2, -0.15) is 0 Å². The number of rotatable bonds is 8. The van der Waals surface area contributed by atoms with Crippen molar-refractivity contribution in [2.45, 2.75) is 32.6 Å². The average Bonchev–Trinajstić information content (AvgIpc) is 3.43. The normalized spacial score (nSPS) is 13.1. The number of ether oxygens (including phenoxy) is 1. The molecule has 0 saturated carbocycles. The Morgan fingerprint density at radius 3 is 2.62 bits per heavy atom. The molecule has 3 N–H and O–H groups in total. The Balaban J connectivity index is 1.63. The molecule has 11 heteroatoms. The van der Waals surface area contributed by atoms with Crippen molar-refractivity contribution < 1.29 is 28.5 Å². The van der Waals surface area contributed by atoms with Crippen molar-refractivity contribution in [3.63, 3.8) is 0 Å². The van der Waals surface area contributed by atoms with Gasteiger partial charge in [0.15, 0.2) is 11.4 Å². The number of hydrogen-bond acceptors (Lipinski definition) is 7. The van der Waals surface area contributed by atoms with Gasteiger partial charge in [-0.1, -0.05) is 6.07 Å². The van der Waals surface area contributed by atoms with Crippen LogP contribution in [0.15, 0.2) is 42.7 Å². The smallest absolute Gasteiger partial charge is 0.271 e. The highest BCUT2D eigenvalue weighted by Gasteiger charge is 2.33. The molecule has 178 valence electrons. The summed E-state index contributed by atoms with van der Waals surface area (Å²) in [5.41, 5.74) is -0.515. The van der Waals surface area contributed by atoms with E-state index in [-0.39, 0.29) is 30.2 Å². The highest BCUT2D eigenvalue weighted by molar-refractivity contribution is 7.11. The Kier molecular flexibility index (Phi) is 6.60. The number of thiazole rings is 1. The van der Waals surface area contributed by atoms with Crippen molar-refractivity contribution in [1.29, 1.82) is 0 Å². The van der Waals surface area contributed by atoms with Gasteiger partial charge in [0.1, 0.15) is 34.5 Å². The molecule has 0 saturated heterocycles. The van der Waals surface area contributed by atoms with Crippen LogP contribution in [-0.2, 0) is 18.8 Å². The molecule has 1 atom stereocenters. The molecule has 34 heavy (non-hydrogen) atoms. The van der Waals surface area contributed by atoms with Gasteiger partial charge in [0.25, 0.3) is 5.91 Å². The molecule has 4 rings (SSSR count).